The molecule has 3 heterocycles. The zero-order valence-electron chi connectivity index (χ0n) is 22.5. The predicted octanol–water partition coefficient (Wildman–Crippen LogP) is 5.65. The molecule has 2 N–H and O–H groups in total. The summed E-state index contributed by atoms with van der Waals surface area (Å²) in [5.74, 6) is 1.09. The Balaban J connectivity index is 1.81. The number of rotatable bonds is 7. The summed E-state index contributed by atoms with van der Waals surface area (Å²) >= 11 is 1.69. The highest BCUT2D eigenvalue weighted by atomic mass is 32.1. The molecule has 0 radical (unpaired) electrons. The molecule has 0 amide bonds. The van der Waals surface area contributed by atoms with E-state index in [2.05, 4.69) is 66.8 Å². The molecule has 0 bridgehead atoms. The van der Waals surface area contributed by atoms with E-state index in [4.69, 9.17) is 14.9 Å². The highest BCUT2D eigenvalue weighted by Crippen LogP contribution is 2.39. The maximum Gasteiger partial charge on any atom is 0.308 e. The van der Waals surface area contributed by atoms with Crippen molar-refractivity contribution in [2.45, 2.75) is 73.0 Å². The van der Waals surface area contributed by atoms with E-state index in [0.29, 0.717) is 12.4 Å². The first kappa shape index (κ1) is 26.9. The Labute approximate surface area is 222 Å². The molecule has 0 aliphatic carbocycles. The first-order valence-corrected chi connectivity index (χ1v) is 13.3. The number of nitrogens with one attached hydrogen (secondary N) is 1. The van der Waals surface area contributed by atoms with E-state index in [1.165, 1.54) is 4.88 Å². The number of thiophene rings is 1. The van der Waals surface area contributed by atoms with Gasteiger partial charge < -0.3 is 9.94 Å². The van der Waals surface area contributed by atoms with E-state index in [1.54, 1.807) is 11.3 Å². The summed E-state index contributed by atoms with van der Waals surface area (Å²) in [5.41, 5.74) is 7.86. The van der Waals surface area contributed by atoms with Crippen LogP contribution in [0.25, 0.3) is 10.6 Å². The SMILES string of the molecule is C/C(=C\CCNO)c1ccc(C2=NC(CC(=O)OC(C)(C)C)c3nnc(C)n3-c3sc(C)c(C)c32)cc1. The van der Waals surface area contributed by atoms with Gasteiger partial charge in [0.15, 0.2) is 5.82 Å². The van der Waals surface area contributed by atoms with Gasteiger partial charge in [-0.3, -0.25) is 14.4 Å². The Morgan fingerprint density at radius 3 is 2.54 bits per heavy atom. The van der Waals surface area contributed by atoms with Crippen molar-refractivity contribution in [3.05, 3.63) is 69.1 Å². The van der Waals surface area contributed by atoms with E-state index < -0.39 is 11.6 Å². The summed E-state index contributed by atoms with van der Waals surface area (Å²) < 4.78 is 7.68. The van der Waals surface area contributed by atoms with Gasteiger partial charge in [-0.1, -0.05) is 30.3 Å². The van der Waals surface area contributed by atoms with Gasteiger partial charge in [-0.15, -0.1) is 21.5 Å². The first-order chi connectivity index (χ1) is 17.5. The number of esters is 1. The predicted molar refractivity (Wildman–Crippen MR) is 147 cm³/mol. The number of hydroxylamine groups is 1. The summed E-state index contributed by atoms with van der Waals surface area (Å²) in [5, 5.41) is 18.6. The van der Waals surface area contributed by atoms with Crippen molar-refractivity contribution < 1.29 is 14.7 Å². The Morgan fingerprint density at radius 2 is 1.89 bits per heavy atom. The van der Waals surface area contributed by atoms with Gasteiger partial charge in [0.25, 0.3) is 0 Å². The van der Waals surface area contributed by atoms with Gasteiger partial charge in [-0.05, 0) is 71.6 Å². The minimum atomic E-state index is -0.585. The van der Waals surface area contributed by atoms with Crippen LogP contribution < -0.4 is 5.48 Å². The molecule has 1 atom stereocenters. The third kappa shape index (κ3) is 5.74. The van der Waals surface area contributed by atoms with Crippen LogP contribution in [-0.4, -0.2) is 43.8 Å². The summed E-state index contributed by atoms with van der Waals surface area (Å²) in [6, 6.07) is 7.80. The molecular weight excluding hydrogens is 486 g/mol. The number of ether oxygens (including phenoxy) is 1. The number of aliphatic imine (C=N–C) groups is 1. The third-order valence-corrected chi connectivity index (χ3v) is 7.53. The Morgan fingerprint density at radius 1 is 1.19 bits per heavy atom. The molecule has 1 aromatic carbocycles. The average molecular weight is 522 g/mol. The Kier molecular flexibility index (Phi) is 7.77. The molecular formula is C28H35N5O3S. The van der Waals surface area contributed by atoms with Gasteiger partial charge in [-0.2, -0.15) is 0 Å². The van der Waals surface area contributed by atoms with E-state index in [1.807, 2.05) is 32.3 Å². The van der Waals surface area contributed by atoms with E-state index in [9.17, 15) is 4.79 Å². The summed E-state index contributed by atoms with van der Waals surface area (Å²) in [6.07, 6.45) is 2.90. The largest absolute Gasteiger partial charge is 0.460 e. The fraction of sp³-hybridized carbons (Fsp3) is 0.429. The normalized spacial score (nSPS) is 15.6. The lowest BCUT2D eigenvalue weighted by Crippen LogP contribution is -2.25. The van der Waals surface area contributed by atoms with Gasteiger partial charge >= 0.3 is 5.97 Å². The lowest BCUT2D eigenvalue weighted by Gasteiger charge is -2.21. The van der Waals surface area contributed by atoms with Crippen LogP contribution in [0, 0.1) is 20.8 Å². The number of fused-ring (bicyclic) bond motifs is 3. The van der Waals surface area contributed by atoms with Gasteiger partial charge in [0.2, 0.25) is 0 Å². The topological polar surface area (TPSA) is 102 Å². The van der Waals surface area contributed by atoms with Crippen LogP contribution in [-0.2, 0) is 9.53 Å². The zero-order valence-corrected chi connectivity index (χ0v) is 23.4. The lowest BCUT2D eigenvalue weighted by atomic mass is 9.97. The number of nitrogens with zero attached hydrogens (tertiary/aromatic N) is 4. The molecule has 37 heavy (non-hydrogen) atoms. The van der Waals surface area contributed by atoms with Crippen LogP contribution in [0.1, 0.15) is 85.4 Å². The molecule has 2 aromatic heterocycles. The number of carbonyl (C=O) groups excluding carboxylic acids is 1. The first-order valence-electron chi connectivity index (χ1n) is 12.5. The fourth-order valence-electron chi connectivity index (χ4n) is 4.43. The van der Waals surface area contributed by atoms with Gasteiger partial charge in [0.05, 0.1) is 12.1 Å². The molecule has 196 valence electrons. The van der Waals surface area contributed by atoms with E-state index in [-0.39, 0.29) is 12.4 Å². The average Bonchev–Trinajstić information content (AvgIpc) is 3.30. The Hall–Kier alpha value is -3.14. The highest BCUT2D eigenvalue weighted by molar-refractivity contribution is 7.15. The van der Waals surface area contributed by atoms with Crippen molar-refractivity contribution in [1.82, 2.24) is 20.2 Å². The van der Waals surface area contributed by atoms with Crippen LogP contribution in [0.15, 0.2) is 35.3 Å². The standard InChI is InChI=1S/C28H35N5O3S/c1-16(9-8-14-29-35)20-10-12-21(13-11-20)25-24-17(2)18(3)37-27(24)33-19(4)31-32-26(33)22(30-25)15-23(34)36-28(5,6)7/h9-13,22,29,35H,8,14-15H2,1-7H3/b16-9+. The number of aryl methyl sites for hydroxylation is 2. The molecule has 8 nitrogen and oxygen atoms in total. The third-order valence-electron chi connectivity index (χ3n) is 6.34. The van der Waals surface area contributed by atoms with Crippen molar-refractivity contribution in [2.75, 3.05) is 6.54 Å². The smallest absolute Gasteiger partial charge is 0.308 e. The summed E-state index contributed by atoms with van der Waals surface area (Å²) in [6.45, 7) is 14.3. The van der Waals surface area contributed by atoms with Crippen molar-refractivity contribution in [1.29, 1.82) is 0 Å². The van der Waals surface area contributed by atoms with Crippen molar-refractivity contribution in [3.63, 3.8) is 0 Å². The number of aromatic nitrogens is 3. The molecule has 4 rings (SSSR count). The van der Waals surface area contributed by atoms with Crippen LogP contribution >= 0.6 is 11.3 Å². The maximum absolute atomic E-state index is 12.9. The fourth-order valence-corrected chi connectivity index (χ4v) is 5.64. The maximum atomic E-state index is 12.9. The van der Waals surface area contributed by atoms with Crippen LogP contribution in [0.4, 0.5) is 0 Å². The van der Waals surface area contributed by atoms with E-state index in [0.717, 1.165) is 50.8 Å². The van der Waals surface area contributed by atoms with Gasteiger partial charge in [0, 0.05) is 22.5 Å². The minimum Gasteiger partial charge on any atom is -0.460 e. The quantitative estimate of drug-likeness (QED) is 0.237. The molecule has 1 unspecified atom stereocenters. The van der Waals surface area contributed by atoms with Crippen LogP contribution in [0.5, 0.6) is 0 Å². The molecule has 1 aliphatic rings. The molecule has 0 spiro atoms. The second-order valence-corrected chi connectivity index (χ2v) is 11.6. The zero-order chi connectivity index (χ0) is 26.9. The van der Waals surface area contributed by atoms with Crippen molar-refractivity contribution >= 4 is 28.6 Å². The lowest BCUT2D eigenvalue weighted by molar-refractivity contribution is -0.155. The van der Waals surface area contributed by atoms with Crippen molar-refractivity contribution in [2.24, 2.45) is 4.99 Å². The molecule has 0 fully saturated rings. The summed E-state index contributed by atoms with van der Waals surface area (Å²) in [7, 11) is 0. The van der Waals surface area contributed by atoms with Gasteiger partial charge in [-0.25, -0.2) is 5.48 Å². The number of hydrogen-bond acceptors (Lipinski definition) is 8. The Bertz CT molecular complexity index is 1360. The number of benzene rings is 1. The van der Waals surface area contributed by atoms with E-state index >= 15 is 0 Å². The second-order valence-electron chi connectivity index (χ2n) is 10.3. The number of hydrogen-bond donors (Lipinski definition) is 2. The highest BCUT2D eigenvalue weighted by Gasteiger charge is 2.33. The van der Waals surface area contributed by atoms with Crippen LogP contribution in [0.2, 0.25) is 0 Å². The minimum absolute atomic E-state index is 0.0741. The monoisotopic (exact) mass is 521 g/mol. The number of allylic oxidation sites excluding steroid dienone is 1. The molecule has 9 heteroatoms. The molecule has 3 aromatic rings. The van der Waals surface area contributed by atoms with Gasteiger partial charge in [0.1, 0.15) is 22.5 Å². The summed E-state index contributed by atoms with van der Waals surface area (Å²) in [4.78, 5) is 19.3. The molecule has 1 aliphatic heterocycles. The van der Waals surface area contributed by atoms with Crippen LogP contribution in [0.3, 0.4) is 0 Å². The molecule has 0 saturated heterocycles. The number of carbonyl (C=O) groups is 1. The van der Waals surface area contributed by atoms with Crippen molar-refractivity contribution in [3.8, 4) is 5.00 Å². The second kappa shape index (κ2) is 10.7. The molecule has 0 saturated carbocycles.